The van der Waals surface area contributed by atoms with Crippen LogP contribution < -0.4 is 0 Å². The number of esters is 2. The van der Waals surface area contributed by atoms with Crippen molar-refractivity contribution >= 4 is 11.9 Å². The van der Waals surface area contributed by atoms with Crippen molar-refractivity contribution in [3.05, 3.63) is 48.6 Å². The van der Waals surface area contributed by atoms with Gasteiger partial charge in [0.15, 0.2) is 31.1 Å². The summed E-state index contributed by atoms with van der Waals surface area (Å²) in [5, 5.41) is 0. The number of ether oxygens (including phenoxy) is 16. The van der Waals surface area contributed by atoms with Crippen LogP contribution in [-0.2, 0) is 85.4 Å². The molecule has 18 heteroatoms. The molecule has 0 radical (unpaired) electrons. The van der Waals surface area contributed by atoms with Gasteiger partial charge in [-0.15, -0.1) is 0 Å². The van der Waals surface area contributed by atoms with E-state index in [0.29, 0.717) is 0 Å². The molecule has 15 atom stereocenters. The van der Waals surface area contributed by atoms with Crippen LogP contribution in [0, 0.1) is 11.8 Å². The van der Waals surface area contributed by atoms with Crippen LogP contribution in [0.4, 0.5) is 0 Å². The largest absolute Gasteiger partial charge is 0.455 e. The molecule has 0 spiro atoms. The Kier molecular flexibility index (Phi) is 17.6. The van der Waals surface area contributed by atoms with Gasteiger partial charge < -0.3 is 75.8 Å². The topological polar surface area (TPSA) is 182 Å². The van der Waals surface area contributed by atoms with E-state index in [2.05, 4.69) is 0 Å². The monoisotopic (exact) mass is 814 g/mol. The van der Waals surface area contributed by atoms with E-state index in [1.54, 1.807) is 62.8 Å². The lowest BCUT2D eigenvalue weighted by atomic mass is 9.95. The van der Waals surface area contributed by atoms with Gasteiger partial charge in [0.05, 0.1) is 31.7 Å². The van der Waals surface area contributed by atoms with Gasteiger partial charge in [-0.2, -0.15) is 0 Å². The van der Waals surface area contributed by atoms with E-state index in [-0.39, 0.29) is 19.8 Å². The summed E-state index contributed by atoms with van der Waals surface area (Å²) in [4.78, 5) is 27.4. The van der Waals surface area contributed by atoms with E-state index in [0.717, 1.165) is 0 Å². The summed E-state index contributed by atoms with van der Waals surface area (Å²) in [6.07, 6.45) is -0.378. The van der Waals surface area contributed by atoms with Gasteiger partial charge in [0.25, 0.3) is 0 Å². The average Bonchev–Trinajstić information content (AvgIpc) is 3.97. The zero-order valence-electron chi connectivity index (χ0n) is 33.9. The lowest BCUT2D eigenvalue weighted by Gasteiger charge is -2.49. The summed E-state index contributed by atoms with van der Waals surface area (Å²) in [6.45, 7) is 0.0175. The van der Waals surface area contributed by atoms with Crippen LogP contribution in [0.25, 0.3) is 0 Å². The molecule has 57 heavy (non-hydrogen) atoms. The lowest BCUT2D eigenvalue weighted by Crippen LogP contribution is -2.67. The third kappa shape index (κ3) is 10.4. The van der Waals surface area contributed by atoms with Crippen molar-refractivity contribution in [3.63, 3.8) is 0 Å². The molecule has 18 nitrogen and oxygen atoms in total. The molecule has 0 amide bonds. The zero-order valence-corrected chi connectivity index (χ0v) is 33.9. The minimum Gasteiger partial charge on any atom is -0.455 e. The highest BCUT2D eigenvalue weighted by Gasteiger charge is 2.57. The average molecular weight is 815 g/mol. The third-order valence-electron chi connectivity index (χ3n) is 10.6. The van der Waals surface area contributed by atoms with Gasteiger partial charge in [0, 0.05) is 64.0 Å². The maximum atomic E-state index is 13.9. The molecular weight excluding hydrogens is 756 g/mol. The SMILES string of the molecule is COC[C@H]1OC(OC[C@H]2O[C@H](OC)[C@H](OC(=O)C3C=CC=C3)[C@@H](OC(=O)C3C=CC=C3)[C@@H]2OC2O[C@H](COC)[C@@H](OC)[C@H](OC)[C@H]2OC)[C@H](OC)[C@@H](OC)[C@@H]1OC. The Balaban J connectivity index is 1.54. The molecule has 0 aromatic heterocycles. The normalized spacial score (nSPS) is 38.2. The van der Waals surface area contributed by atoms with Crippen molar-refractivity contribution in [2.24, 2.45) is 11.8 Å². The van der Waals surface area contributed by atoms with Crippen LogP contribution in [-0.4, -0.2) is 188 Å². The van der Waals surface area contributed by atoms with Crippen molar-refractivity contribution in [1.29, 1.82) is 0 Å². The molecule has 0 aromatic carbocycles. The summed E-state index contributed by atoms with van der Waals surface area (Å²) >= 11 is 0. The molecule has 0 aromatic rings. The Morgan fingerprint density at radius 1 is 0.421 bits per heavy atom. The highest BCUT2D eigenvalue weighted by Crippen LogP contribution is 2.36. The van der Waals surface area contributed by atoms with Crippen molar-refractivity contribution in [2.75, 3.05) is 83.8 Å². The highest BCUT2D eigenvalue weighted by molar-refractivity contribution is 5.79. The molecule has 3 fully saturated rings. The molecule has 2 aliphatic carbocycles. The number of rotatable bonds is 20. The van der Waals surface area contributed by atoms with Gasteiger partial charge in [-0.25, -0.2) is 0 Å². The fraction of sp³-hybridized carbons (Fsp3) is 0.744. The predicted molar refractivity (Wildman–Crippen MR) is 196 cm³/mol. The lowest BCUT2D eigenvalue weighted by molar-refractivity contribution is -0.370. The number of carbonyl (C=O) groups excluding carboxylic acids is 2. The summed E-state index contributed by atoms with van der Waals surface area (Å²) in [6, 6.07) is 0. The quantitative estimate of drug-likeness (QED) is 0.158. The summed E-state index contributed by atoms with van der Waals surface area (Å²) in [5.74, 6) is -2.68. The Bertz CT molecular complexity index is 1360. The number of carbonyl (C=O) groups is 2. The highest BCUT2D eigenvalue weighted by atomic mass is 16.8. The predicted octanol–water partition coefficient (Wildman–Crippen LogP) is 0.900. The van der Waals surface area contributed by atoms with E-state index in [1.165, 1.54) is 49.8 Å². The molecule has 5 rings (SSSR count). The second-order valence-corrected chi connectivity index (χ2v) is 13.8. The van der Waals surface area contributed by atoms with Crippen molar-refractivity contribution in [2.45, 2.75) is 92.1 Å². The van der Waals surface area contributed by atoms with Crippen LogP contribution in [0.1, 0.15) is 0 Å². The molecule has 3 heterocycles. The Hall–Kier alpha value is -2.66. The fourth-order valence-electron chi connectivity index (χ4n) is 7.77. The van der Waals surface area contributed by atoms with Gasteiger partial charge >= 0.3 is 11.9 Å². The Morgan fingerprint density at radius 3 is 1.26 bits per heavy atom. The number of methoxy groups -OCH3 is 9. The maximum Gasteiger partial charge on any atom is 0.317 e. The molecule has 0 N–H and O–H groups in total. The molecule has 0 bridgehead atoms. The van der Waals surface area contributed by atoms with E-state index in [4.69, 9.17) is 75.8 Å². The second kappa shape index (κ2) is 22.1. The smallest absolute Gasteiger partial charge is 0.317 e. The number of hydrogen-bond acceptors (Lipinski definition) is 18. The second-order valence-electron chi connectivity index (χ2n) is 13.8. The maximum absolute atomic E-state index is 13.9. The standard InChI is InChI=1S/C39H58O18/c1-42-18-23-26(44-3)29(46-5)32(48-7)38(53-23)51-20-25-28(57-39-33(49-8)30(47-6)27(45-4)24(54-39)19-43-2)31(55-35(40)21-14-10-11-15-21)34(37(50-9)52-25)56-36(41)22-16-12-13-17-22/h10-17,21-34,37-39H,18-20H2,1-9H3/t23-,24-,25-,26-,27-,28-,29+,30+,31+,32-,33-,34-,37+,38?,39?/m1/s1. The molecule has 5 aliphatic rings. The molecule has 322 valence electrons. The van der Waals surface area contributed by atoms with Crippen LogP contribution >= 0.6 is 0 Å². The van der Waals surface area contributed by atoms with E-state index < -0.39 is 116 Å². The summed E-state index contributed by atoms with van der Waals surface area (Å²) < 4.78 is 96.6. The number of allylic oxidation sites excluding steroid dienone is 4. The first-order chi connectivity index (χ1) is 27.7. The Morgan fingerprint density at radius 2 is 0.825 bits per heavy atom. The summed E-state index contributed by atoms with van der Waals surface area (Å²) in [5.41, 5.74) is 0. The first kappa shape index (κ1) is 45.4. The van der Waals surface area contributed by atoms with Gasteiger partial charge in [-0.3, -0.25) is 9.59 Å². The minimum absolute atomic E-state index is 0.110. The van der Waals surface area contributed by atoms with Crippen LogP contribution in [0.3, 0.4) is 0 Å². The molecule has 0 saturated carbocycles. The van der Waals surface area contributed by atoms with Gasteiger partial charge in [0.2, 0.25) is 0 Å². The van der Waals surface area contributed by atoms with Crippen molar-refractivity contribution in [3.8, 4) is 0 Å². The third-order valence-corrected chi connectivity index (χ3v) is 10.6. The van der Waals surface area contributed by atoms with Gasteiger partial charge in [-0.05, 0) is 0 Å². The van der Waals surface area contributed by atoms with Gasteiger partial charge in [0.1, 0.15) is 61.0 Å². The Labute approximate surface area is 333 Å². The van der Waals surface area contributed by atoms with Crippen molar-refractivity contribution in [1.82, 2.24) is 0 Å². The van der Waals surface area contributed by atoms with Gasteiger partial charge in [-0.1, -0.05) is 48.6 Å². The van der Waals surface area contributed by atoms with E-state index in [1.807, 2.05) is 0 Å². The van der Waals surface area contributed by atoms with Crippen LogP contribution in [0.15, 0.2) is 48.6 Å². The molecular formula is C39H58O18. The first-order valence-corrected chi connectivity index (χ1v) is 18.7. The van der Waals surface area contributed by atoms with E-state index >= 15 is 0 Å². The first-order valence-electron chi connectivity index (χ1n) is 18.7. The zero-order chi connectivity index (χ0) is 41.1. The molecule has 2 unspecified atom stereocenters. The van der Waals surface area contributed by atoms with Crippen LogP contribution in [0.2, 0.25) is 0 Å². The minimum atomic E-state index is -1.36. The summed E-state index contributed by atoms with van der Waals surface area (Å²) in [7, 11) is 13.5. The molecule has 3 aliphatic heterocycles. The van der Waals surface area contributed by atoms with Crippen molar-refractivity contribution < 1.29 is 85.4 Å². The van der Waals surface area contributed by atoms with Crippen LogP contribution in [0.5, 0.6) is 0 Å². The van der Waals surface area contributed by atoms with E-state index in [9.17, 15) is 9.59 Å². The molecule has 3 saturated heterocycles. The number of hydrogen-bond donors (Lipinski definition) is 0. The fourth-order valence-corrected chi connectivity index (χ4v) is 7.77.